The summed E-state index contributed by atoms with van der Waals surface area (Å²) < 4.78 is 0. The number of aromatic nitrogens is 8. The van der Waals surface area contributed by atoms with E-state index in [9.17, 15) is 10.1 Å². The molecule has 84 valence electrons. The van der Waals surface area contributed by atoms with E-state index in [4.69, 9.17) is 0 Å². The van der Waals surface area contributed by atoms with Crippen molar-refractivity contribution in [3.8, 4) is 0 Å². The molecule has 0 saturated heterocycles. The largest absolute Gasteiger partial charge is 0.235 e. The van der Waals surface area contributed by atoms with Crippen molar-refractivity contribution in [2.75, 3.05) is 0 Å². The number of H-pyrrole nitrogens is 2. The van der Waals surface area contributed by atoms with Gasteiger partial charge in [0, 0.05) is 0 Å². The summed E-state index contributed by atoms with van der Waals surface area (Å²) in [6.45, 7) is -0.198. The second kappa shape index (κ2) is 4.24. The summed E-state index contributed by atoms with van der Waals surface area (Å²) >= 11 is 0. The topological polar surface area (TPSA) is 155 Å². The smallest absolute Gasteiger partial charge is 0.199 e. The summed E-state index contributed by atoms with van der Waals surface area (Å²) in [6, 6.07) is 0. The minimum atomic E-state index is -0.591. The van der Waals surface area contributed by atoms with Gasteiger partial charge >= 0.3 is 0 Å². The summed E-state index contributed by atoms with van der Waals surface area (Å²) in [7, 11) is 0. The van der Waals surface area contributed by atoms with Gasteiger partial charge < -0.3 is 0 Å². The van der Waals surface area contributed by atoms with E-state index in [0.29, 0.717) is 0 Å². The van der Waals surface area contributed by atoms with Crippen LogP contribution in [0.25, 0.3) is 0 Å². The van der Waals surface area contributed by atoms with Gasteiger partial charge in [0.2, 0.25) is 0 Å². The van der Waals surface area contributed by atoms with Crippen LogP contribution >= 0.6 is 0 Å². The first-order valence-corrected chi connectivity index (χ1v) is 4.09. The van der Waals surface area contributed by atoms with Crippen LogP contribution in [0.2, 0.25) is 0 Å². The Hall–Kier alpha value is -2.66. The van der Waals surface area contributed by atoms with Crippen LogP contribution in [-0.2, 0) is 13.1 Å². The number of hydrogen-bond acceptors (Lipinski definition) is 8. The Morgan fingerprint density at radius 1 is 1.12 bits per heavy atom. The highest BCUT2D eigenvalue weighted by atomic mass is 16.7. The lowest BCUT2D eigenvalue weighted by Gasteiger charge is -2.08. The molecule has 0 amide bonds. The summed E-state index contributed by atoms with van der Waals surface area (Å²) in [4.78, 5) is 10.7. The van der Waals surface area contributed by atoms with E-state index in [2.05, 4.69) is 41.2 Å². The third-order valence-electron chi connectivity index (χ3n) is 1.66. The van der Waals surface area contributed by atoms with Crippen molar-refractivity contribution in [3.63, 3.8) is 0 Å². The molecule has 2 aromatic rings. The monoisotopic (exact) mass is 226 g/mol. The average Bonchev–Trinajstić information content (AvgIpc) is 2.88. The molecule has 12 nitrogen and oxygen atoms in total. The molecular formula is C4H6N10O2. The molecule has 0 aliphatic heterocycles. The number of tetrazole rings is 2. The molecule has 0 aromatic carbocycles. The predicted molar refractivity (Wildman–Crippen MR) is 44.6 cm³/mol. The molecule has 0 saturated carbocycles. The Balaban J connectivity index is 2.03. The fourth-order valence-corrected chi connectivity index (χ4v) is 0.997. The molecule has 0 aliphatic carbocycles. The first-order chi connectivity index (χ1) is 7.75. The Morgan fingerprint density at radius 3 is 1.94 bits per heavy atom. The third kappa shape index (κ3) is 2.23. The second-order valence-electron chi connectivity index (χ2n) is 2.72. The summed E-state index contributed by atoms with van der Waals surface area (Å²) in [5, 5.41) is 36.4. The van der Waals surface area contributed by atoms with Crippen molar-refractivity contribution in [2.45, 2.75) is 13.1 Å². The van der Waals surface area contributed by atoms with Gasteiger partial charge in [-0.3, -0.25) is 0 Å². The maximum absolute atomic E-state index is 10.7. The Bertz CT molecular complexity index is 399. The molecule has 0 fully saturated rings. The van der Waals surface area contributed by atoms with E-state index in [1.54, 1.807) is 0 Å². The fourth-order valence-electron chi connectivity index (χ4n) is 0.997. The average molecular weight is 226 g/mol. The highest BCUT2D eigenvalue weighted by Gasteiger charge is 2.20. The molecule has 16 heavy (non-hydrogen) atoms. The van der Waals surface area contributed by atoms with Gasteiger partial charge in [-0.2, -0.15) is 10.4 Å². The lowest BCUT2D eigenvalue weighted by molar-refractivity contribution is -0.664. The number of aromatic amines is 2. The maximum Gasteiger partial charge on any atom is 0.199 e. The van der Waals surface area contributed by atoms with Crippen molar-refractivity contribution in [2.24, 2.45) is 0 Å². The van der Waals surface area contributed by atoms with Crippen LogP contribution in [0.3, 0.4) is 0 Å². The van der Waals surface area contributed by atoms with Crippen LogP contribution in [-0.4, -0.2) is 51.3 Å². The highest BCUT2D eigenvalue weighted by Crippen LogP contribution is 2.01. The lowest BCUT2D eigenvalue weighted by Crippen LogP contribution is -2.30. The van der Waals surface area contributed by atoms with Crippen molar-refractivity contribution < 1.29 is 5.03 Å². The number of hydrogen-bond donors (Lipinski definition) is 2. The molecule has 2 N–H and O–H groups in total. The van der Waals surface area contributed by atoms with Crippen LogP contribution in [0.5, 0.6) is 0 Å². The minimum Gasteiger partial charge on any atom is -0.235 e. The summed E-state index contributed by atoms with van der Waals surface area (Å²) in [5.41, 5.74) is 0. The van der Waals surface area contributed by atoms with Crippen molar-refractivity contribution in [1.29, 1.82) is 0 Å². The van der Waals surface area contributed by atoms with E-state index in [0.717, 1.165) is 5.01 Å². The number of rotatable bonds is 5. The minimum absolute atomic E-state index is 0.0992. The van der Waals surface area contributed by atoms with E-state index in [-0.39, 0.29) is 24.7 Å². The van der Waals surface area contributed by atoms with Gasteiger partial charge in [0.05, 0.1) is 0 Å². The SMILES string of the molecule is O=[N+]([O-])N(Cc1nn[nH]n1)Cc1nn[nH]n1. The highest BCUT2D eigenvalue weighted by molar-refractivity contribution is 4.78. The van der Waals surface area contributed by atoms with Crippen molar-refractivity contribution in [3.05, 3.63) is 21.8 Å². The number of hydrazine groups is 1. The molecule has 0 unspecified atom stereocenters. The van der Waals surface area contributed by atoms with Gasteiger partial charge in [-0.15, -0.1) is 25.4 Å². The molecule has 0 atom stereocenters. The van der Waals surface area contributed by atoms with Gasteiger partial charge in [-0.25, -0.2) is 10.1 Å². The molecule has 12 heteroatoms. The zero-order chi connectivity index (χ0) is 11.4. The molecule has 0 aliphatic rings. The summed E-state index contributed by atoms with van der Waals surface area (Å²) in [5.74, 6) is 0.417. The molecule has 2 heterocycles. The molecule has 0 spiro atoms. The van der Waals surface area contributed by atoms with Gasteiger partial charge in [-0.1, -0.05) is 10.4 Å². The Labute approximate surface area is 87.1 Å². The van der Waals surface area contributed by atoms with Gasteiger partial charge in [0.1, 0.15) is 13.1 Å². The Morgan fingerprint density at radius 2 is 1.62 bits per heavy atom. The zero-order valence-corrected chi connectivity index (χ0v) is 7.81. The number of nitrogens with zero attached hydrogens (tertiary/aromatic N) is 8. The molecular weight excluding hydrogens is 220 g/mol. The molecule has 2 rings (SSSR count). The normalized spacial score (nSPS) is 10.2. The quantitative estimate of drug-likeness (QED) is 0.430. The van der Waals surface area contributed by atoms with Gasteiger partial charge in [-0.05, 0) is 0 Å². The predicted octanol–water partition coefficient (Wildman–Crippen LogP) is -2.09. The van der Waals surface area contributed by atoms with Crippen molar-refractivity contribution >= 4 is 0 Å². The van der Waals surface area contributed by atoms with E-state index in [1.807, 2.05) is 0 Å². The summed E-state index contributed by atoms with van der Waals surface area (Å²) in [6.07, 6.45) is 0. The molecule has 0 radical (unpaired) electrons. The third-order valence-corrected chi connectivity index (χ3v) is 1.66. The number of nitrogens with one attached hydrogen (secondary N) is 2. The van der Waals surface area contributed by atoms with E-state index in [1.165, 1.54) is 0 Å². The first kappa shape index (κ1) is 9.88. The molecule has 2 aromatic heterocycles. The van der Waals surface area contributed by atoms with Gasteiger partial charge in [0.25, 0.3) is 0 Å². The zero-order valence-electron chi connectivity index (χ0n) is 7.81. The van der Waals surface area contributed by atoms with Crippen LogP contribution in [0.1, 0.15) is 11.6 Å². The van der Waals surface area contributed by atoms with Crippen LogP contribution < -0.4 is 0 Å². The van der Waals surface area contributed by atoms with Crippen LogP contribution in [0.4, 0.5) is 0 Å². The van der Waals surface area contributed by atoms with E-state index >= 15 is 0 Å². The fraction of sp³-hybridized carbons (Fsp3) is 0.500. The standard InChI is InChI=1S/C4H6N10O2/c15-14(16)13(1-3-5-9-10-6-3)2-4-7-11-12-8-4/h1-2H2,(H,5,6,9,10)(H,7,8,11,12). The van der Waals surface area contributed by atoms with Crippen LogP contribution in [0, 0.1) is 10.1 Å². The van der Waals surface area contributed by atoms with Gasteiger partial charge in [0.15, 0.2) is 16.7 Å². The van der Waals surface area contributed by atoms with Crippen LogP contribution in [0.15, 0.2) is 0 Å². The Kier molecular flexibility index (Phi) is 2.62. The molecule has 0 bridgehead atoms. The lowest BCUT2D eigenvalue weighted by atomic mass is 10.5. The van der Waals surface area contributed by atoms with Crippen molar-refractivity contribution in [1.82, 2.24) is 46.3 Å². The van der Waals surface area contributed by atoms with E-state index < -0.39 is 5.03 Å². The first-order valence-electron chi connectivity index (χ1n) is 4.09. The number of nitro groups is 1. The maximum atomic E-state index is 10.7. The second-order valence-corrected chi connectivity index (χ2v) is 2.72.